The van der Waals surface area contributed by atoms with Crippen LogP contribution in [0.25, 0.3) is 0 Å². The molecule has 1 amide bonds. The number of likely N-dealkylation sites (tertiary alicyclic amines) is 1. The van der Waals surface area contributed by atoms with Crippen molar-refractivity contribution < 1.29 is 14.3 Å². The minimum absolute atomic E-state index is 0.0436. The summed E-state index contributed by atoms with van der Waals surface area (Å²) in [5.41, 5.74) is 8.43. The molecule has 2 N–H and O–H groups in total. The van der Waals surface area contributed by atoms with Crippen molar-refractivity contribution in [2.45, 2.75) is 25.3 Å². The lowest BCUT2D eigenvalue weighted by molar-refractivity contribution is -0.131. The lowest BCUT2D eigenvalue weighted by Crippen LogP contribution is -2.32. The van der Waals surface area contributed by atoms with E-state index in [2.05, 4.69) is 0 Å². The van der Waals surface area contributed by atoms with Gasteiger partial charge in [0.1, 0.15) is 11.5 Å². The summed E-state index contributed by atoms with van der Waals surface area (Å²) in [6.45, 7) is 0.771. The Bertz CT molecular complexity index is 743. The Balaban J connectivity index is 1.80. The lowest BCUT2D eigenvalue weighted by atomic mass is 10.0. The van der Waals surface area contributed by atoms with Gasteiger partial charge in [-0.3, -0.25) is 4.79 Å². The van der Waals surface area contributed by atoms with E-state index >= 15 is 0 Å². The largest absolute Gasteiger partial charge is 0.497 e. The van der Waals surface area contributed by atoms with Gasteiger partial charge in [0.2, 0.25) is 5.91 Å². The molecule has 1 aliphatic rings. The van der Waals surface area contributed by atoms with E-state index < -0.39 is 0 Å². The van der Waals surface area contributed by atoms with E-state index in [9.17, 15) is 4.79 Å². The monoisotopic (exact) mass is 340 g/mol. The number of amides is 1. The van der Waals surface area contributed by atoms with Gasteiger partial charge in [-0.05, 0) is 42.7 Å². The van der Waals surface area contributed by atoms with Crippen molar-refractivity contribution in [1.82, 2.24) is 4.90 Å². The standard InChI is InChI=1S/C20H24N2O3/c1-24-16-9-10-17(19(13-16)25-2)18-4-3-11-22(18)20(23)12-14-5-7-15(21)8-6-14/h5-10,13,18H,3-4,11-12,21H2,1-2H3. The van der Waals surface area contributed by atoms with Crippen LogP contribution in [0.15, 0.2) is 42.5 Å². The molecule has 1 fully saturated rings. The number of methoxy groups -OCH3 is 2. The van der Waals surface area contributed by atoms with Crippen LogP contribution in [0.2, 0.25) is 0 Å². The Morgan fingerprint density at radius 1 is 1.16 bits per heavy atom. The number of rotatable bonds is 5. The molecule has 1 atom stereocenters. The summed E-state index contributed by atoms with van der Waals surface area (Å²) in [7, 11) is 3.28. The molecule has 1 unspecified atom stereocenters. The van der Waals surface area contributed by atoms with Gasteiger partial charge in [0.15, 0.2) is 0 Å². The zero-order chi connectivity index (χ0) is 17.8. The van der Waals surface area contributed by atoms with Gasteiger partial charge in [-0.25, -0.2) is 0 Å². The number of benzene rings is 2. The highest BCUT2D eigenvalue weighted by atomic mass is 16.5. The van der Waals surface area contributed by atoms with Crippen LogP contribution in [0.3, 0.4) is 0 Å². The molecule has 5 nitrogen and oxygen atoms in total. The second-order valence-electron chi connectivity index (χ2n) is 6.27. The zero-order valence-electron chi connectivity index (χ0n) is 14.7. The molecule has 0 saturated carbocycles. The third-order valence-corrected chi connectivity index (χ3v) is 4.71. The number of hydrogen-bond donors (Lipinski definition) is 1. The van der Waals surface area contributed by atoms with E-state index in [0.717, 1.165) is 42.0 Å². The first-order valence-corrected chi connectivity index (χ1v) is 8.48. The summed E-state index contributed by atoms with van der Waals surface area (Å²) in [4.78, 5) is 14.8. The Labute approximate surface area is 148 Å². The Morgan fingerprint density at radius 2 is 1.92 bits per heavy atom. The van der Waals surface area contributed by atoms with E-state index in [1.165, 1.54) is 0 Å². The molecule has 0 aliphatic carbocycles. The fourth-order valence-corrected chi connectivity index (χ4v) is 3.39. The van der Waals surface area contributed by atoms with Gasteiger partial charge in [-0.2, -0.15) is 0 Å². The summed E-state index contributed by atoms with van der Waals surface area (Å²) in [5, 5.41) is 0. The molecule has 0 spiro atoms. The fraction of sp³-hybridized carbons (Fsp3) is 0.350. The minimum atomic E-state index is 0.0436. The molecular formula is C20H24N2O3. The van der Waals surface area contributed by atoms with Crippen LogP contribution in [0.1, 0.15) is 30.0 Å². The van der Waals surface area contributed by atoms with Crippen molar-refractivity contribution in [2.24, 2.45) is 0 Å². The van der Waals surface area contributed by atoms with E-state index in [1.54, 1.807) is 14.2 Å². The molecule has 0 aromatic heterocycles. The molecule has 1 heterocycles. The third-order valence-electron chi connectivity index (χ3n) is 4.71. The lowest BCUT2D eigenvalue weighted by Gasteiger charge is -2.26. The highest BCUT2D eigenvalue weighted by Gasteiger charge is 2.31. The number of carbonyl (C=O) groups is 1. The molecule has 132 valence electrons. The van der Waals surface area contributed by atoms with Crippen molar-refractivity contribution in [1.29, 1.82) is 0 Å². The third kappa shape index (κ3) is 3.71. The first-order valence-electron chi connectivity index (χ1n) is 8.48. The van der Waals surface area contributed by atoms with Crippen LogP contribution >= 0.6 is 0 Å². The molecule has 2 aromatic carbocycles. The average molecular weight is 340 g/mol. The van der Waals surface area contributed by atoms with Gasteiger partial charge >= 0.3 is 0 Å². The quantitative estimate of drug-likeness (QED) is 0.849. The molecule has 25 heavy (non-hydrogen) atoms. The molecule has 0 radical (unpaired) electrons. The van der Waals surface area contributed by atoms with Crippen molar-refractivity contribution in [2.75, 3.05) is 26.5 Å². The van der Waals surface area contributed by atoms with Crippen LogP contribution in [0.4, 0.5) is 5.69 Å². The predicted octanol–water partition coefficient (Wildman–Crippen LogP) is 3.19. The summed E-state index contributed by atoms with van der Waals surface area (Å²) in [6.07, 6.45) is 2.32. The molecule has 3 rings (SSSR count). The number of nitrogens with two attached hydrogens (primary N) is 1. The van der Waals surface area contributed by atoms with Crippen molar-refractivity contribution >= 4 is 11.6 Å². The summed E-state index contributed by atoms with van der Waals surface area (Å²) >= 11 is 0. The number of ether oxygens (including phenoxy) is 2. The van der Waals surface area contributed by atoms with Crippen molar-refractivity contribution in [3.63, 3.8) is 0 Å². The minimum Gasteiger partial charge on any atom is -0.497 e. The smallest absolute Gasteiger partial charge is 0.227 e. The Morgan fingerprint density at radius 3 is 2.60 bits per heavy atom. The summed E-state index contributed by atoms with van der Waals surface area (Å²) in [5.74, 6) is 1.64. The van der Waals surface area contributed by atoms with Crippen molar-refractivity contribution in [3.8, 4) is 11.5 Å². The van der Waals surface area contributed by atoms with Crippen LogP contribution < -0.4 is 15.2 Å². The topological polar surface area (TPSA) is 64.8 Å². The van der Waals surface area contributed by atoms with Crippen LogP contribution in [0, 0.1) is 0 Å². The molecule has 2 aromatic rings. The van der Waals surface area contributed by atoms with Gasteiger partial charge in [0, 0.05) is 23.9 Å². The molecule has 5 heteroatoms. The van der Waals surface area contributed by atoms with Crippen LogP contribution in [-0.2, 0) is 11.2 Å². The Kier molecular flexibility index (Phi) is 5.12. The average Bonchev–Trinajstić information content (AvgIpc) is 3.12. The maximum Gasteiger partial charge on any atom is 0.227 e. The number of carbonyl (C=O) groups excluding carboxylic acids is 1. The van der Waals surface area contributed by atoms with Crippen LogP contribution in [0.5, 0.6) is 11.5 Å². The SMILES string of the molecule is COc1ccc(C2CCCN2C(=O)Cc2ccc(N)cc2)c(OC)c1. The van der Waals surface area contributed by atoms with Crippen LogP contribution in [-0.4, -0.2) is 31.6 Å². The Hall–Kier alpha value is -2.69. The fourth-order valence-electron chi connectivity index (χ4n) is 3.39. The van der Waals surface area contributed by atoms with E-state index in [-0.39, 0.29) is 11.9 Å². The van der Waals surface area contributed by atoms with Gasteiger partial charge in [-0.15, -0.1) is 0 Å². The number of nitrogen functional groups attached to an aromatic ring is 1. The molecule has 1 aliphatic heterocycles. The maximum absolute atomic E-state index is 12.8. The highest BCUT2D eigenvalue weighted by molar-refractivity contribution is 5.79. The van der Waals surface area contributed by atoms with E-state index in [1.807, 2.05) is 47.4 Å². The number of nitrogens with zero attached hydrogens (tertiary/aromatic N) is 1. The normalized spacial score (nSPS) is 16.7. The number of hydrogen-bond acceptors (Lipinski definition) is 4. The van der Waals surface area contributed by atoms with E-state index in [4.69, 9.17) is 15.2 Å². The zero-order valence-corrected chi connectivity index (χ0v) is 14.7. The second-order valence-corrected chi connectivity index (χ2v) is 6.27. The van der Waals surface area contributed by atoms with E-state index in [0.29, 0.717) is 12.1 Å². The van der Waals surface area contributed by atoms with Gasteiger partial charge < -0.3 is 20.1 Å². The summed E-state index contributed by atoms with van der Waals surface area (Å²) in [6, 6.07) is 13.3. The van der Waals surface area contributed by atoms with Gasteiger partial charge in [0.05, 0.1) is 26.7 Å². The highest BCUT2D eigenvalue weighted by Crippen LogP contribution is 2.38. The first-order chi connectivity index (χ1) is 12.1. The number of anilines is 1. The summed E-state index contributed by atoms with van der Waals surface area (Å²) < 4.78 is 10.8. The van der Waals surface area contributed by atoms with Gasteiger partial charge in [-0.1, -0.05) is 12.1 Å². The second kappa shape index (κ2) is 7.47. The predicted molar refractivity (Wildman–Crippen MR) is 97.8 cm³/mol. The van der Waals surface area contributed by atoms with Gasteiger partial charge in [0.25, 0.3) is 0 Å². The molecule has 0 bridgehead atoms. The first kappa shape index (κ1) is 17.1. The molecular weight excluding hydrogens is 316 g/mol. The van der Waals surface area contributed by atoms with Crippen molar-refractivity contribution in [3.05, 3.63) is 53.6 Å². The molecule has 1 saturated heterocycles. The maximum atomic E-state index is 12.8.